The van der Waals surface area contributed by atoms with Gasteiger partial charge in [0.25, 0.3) is 0 Å². The van der Waals surface area contributed by atoms with Crippen LogP contribution in [-0.2, 0) is 0 Å². The predicted octanol–water partition coefficient (Wildman–Crippen LogP) is 6.42. The average Bonchev–Trinajstić information content (AvgIpc) is 3.58. The van der Waals surface area contributed by atoms with Crippen LogP contribution in [-0.4, -0.2) is 39.9 Å². The first-order valence-corrected chi connectivity index (χ1v) is 11.9. The van der Waals surface area contributed by atoms with Gasteiger partial charge in [-0.25, -0.2) is 29.9 Å². The monoisotopic (exact) mass is 484 g/mol. The smallest absolute Gasteiger partial charge is 0.164 e. The van der Waals surface area contributed by atoms with Crippen LogP contribution in [0.4, 0.5) is 0 Å². The molecule has 1 aromatic carbocycles. The highest BCUT2D eigenvalue weighted by molar-refractivity contribution is 5.90. The Morgan fingerprint density at radius 1 is 0.541 bits per heavy atom. The lowest BCUT2D eigenvalue weighted by molar-refractivity contribution is 1.11. The number of aryl methyl sites for hydroxylation is 1. The molecule has 2 aliphatic heterocycles. The molecule has 0 saturated heterocycles. The van der Waals surface area contributed by atoms with Crippen molar-refractivity contribution in [2.24, 2.45) is 0 Å². The number of H-pyrrole nitrogens is 2. The van der Waals surface area contributed by atoms with Gasteiger partial charge in [-0.2, -0.15) is 0 Å². The third kappa shape index (κ3) is 3.37. The number of fused-ring (bicyclic) bond motifs is 11. The summed E-state index contributed by atoms with van der Waals surface area (Å²) in [4.78, 5) is 35.8. The molecule has 0 fully saturated rings. The summed E-state index contributed by atoms with van der Waals surface area (Å²) in [6.07, 6.45) is 5.26. The van der Waals surface area contributed by atoms with Crippen molar-refractivity contribution in [1.29, 1.82) is 0 Å². The summed E-state index contributed by atoms with van der Waals surface area (Å²) in [6, 6.07) is 7.90. The largest absolute Gasteiger partial charge is 0.324 e. The third-order valence-electron chi connectivity index (χ3n) is 6.84. The van der Waals surface area contributed by atoms with E-state index in [9.17, 15) is 0 Å². The first kappa shape index (κ1) is 22.5. The van der Waals surface area contributed by atoms with Gasteiger partial charge in [-0.1, -0.05) is 62.2 Å². The molecule has 8 nitrogen and oxygen atoms in total. The maximum Gasteiger partial charge on any atom is 0.164 e. The molecule has 180 valence electrons. The first-order chi connectivity index (χ1) is 17.9. The van der Waals surface area contributed by atoms with E-state index in [1.165, 1.54) is 0 Å². The van der Waals surface area contributed by atoms with Crippen molar-refractivity contribution in [1.82, 2.24) is 39.9 Å². The van der Waals surface area contributed by atoms with Gasteiger partial charge in [0.05, 0.1) is 0 Å². The van der Waals surface area contributed by atoms with Gasteiger partial charge in [-0.15, -0.1) is 0 Å². The molecule has 0 aliphatic carbocycles. The zero-order chi connectivity index (χ0) is 25.8. The lowest BCUT2D eigenvalue weighted by Crippen LogP contribution is -1.87. The Balaban J connectivity index is 1.85. The number of hydrogen-bond acceptors (Lipinski definition) is 6. The second-order valence-electron chi connectivity index (χ2n) is 8.88. The van der Waals surface area contributed by atoms with Crippen molar-refractivity contribution in [3.8, 4) is 22.8 Å². The SMILES string of the molecule is C=Cc1c(C)c2nc3nc(nc4[nH]c(nc5nc(nc1[nH]2)-c1ccccc1-5)c(C=C)c4C=C)C(C)=C3C. The topological polar surface area (TPSA) is 109 Å². The van der Waals surface area contributed by atoms with E-state index in [2.05, 4.69) is 29.7 Å². The van der Waals surface area contributed by atoms with Crippen molar-refractivity contribution in [2.75, 3.05) is 0 Å². The molecule has 0 atom stereocenters. The summed E-state index contributed by atoms with van der Waals surface area (Å²) in [6.45, 7) is 18.0. The standard InChI is InChI=1S/C29H24N8/c1-7-17-16(6)24-31-22-14(4)15(5)23(30-22)32-26-18(8-2)19(9-3)27(35-26)36-29-21-13-11-10-12-20(21)28(37-29)34-25(17)33-24/h7-13H,1-3H2,4-6H3,(H2,30,31,32,33,34,35,36,37). The third-order valence-corrected chi connectivity index (χ3v) is 6.84. The second kappa shape index (κ2) is 8.30. The Kier molecular flexibility index (Phi) is 5.05. The van der Waals surface area contributed by atoms with E-state index in [-0.39, 0.29) is 0 Å². The van der Waals surface area contributed by atoms with Crippen molar-refractivity contribution in [2.45, 2.75) is 20.8 Å². The van der Waals surface area contributed by atoms with E-state index in [1.807, 2.05) is 45.0 Å². The molecule has 3 aromatic heterocycles. The molecule has 8 heteroatoms. The Labute approximate surface area is 213 Å². The number of allylic oxidation sites excluding steroid dienone is 2. The number of hydrogen-bond donors (Lipinski definition) is 2. The number of nitrogens with one attached hydrogen (secondary N) is 2. The highest BCUT2D eigenvalue weighted by atomic mass is 15.1. The van der Waals surface area contributed by atoms with Gasteiger partial charge in [0.15, 0.2) is 23.3 Å². The van der Waals surface area contributed by atoms with Crippen LogP contribution in [0.3, 0.4) is 0 Å². The average molecular weight is 485 g/mol. The molecule has 0 spiro atoms. The fourth-order valence-electron chi connectivity index (χ4n) is 4.63. The van der Waals surface area contributed by atoms with Crippen LogP contribution in [0, 0.1) is 6.92 Å². The molecule has 0 amide bonds. The molecular formula is C29H24N8. The molecule has 4 aromatic rings. The van der Waals surface area contributed by atoms with E-state index in [0.29, 0.717) is 45.9 Å². The van der Waals surface area contributed by atoms with Crippen molar-refractivity contribution in [3.63, 3.8) is 0 Å². The van der Waals surface area contributed by atoms with E-state index in [4.69, 9.17) is 29.9 Å². The van der Waals surface area contributed by atoms with E-state index in [1.54, 1.807) is 18.2 Å². The van der Waals surface area contributed by atoms with Crippen LogP contribution in [0.1, 0.15) is 47.8 Å². The maximum absolute atomic E-state index is 4.90. The second-order valence-corrected chi connectivity index (χ2v) is 8.88. The maximum atomic E-state index is 4.90. The number of benzene rings is 1. The lowest BCUT2D eigenvalue weighted by atomic mass is 10.1. The van der Waals surface area contributed by atoms with Crippen LogP contribution < -0.4 is 0 Å². The molecule has 2 aliphatic rings. The number of aromatic nitrogens is 8. The predicted molar refractivity (Wildman–Crippen MR) is 150 cm³/mol. The minimum atomic E-state index is 0.544. The number of nitrogens with zero attached hydrogens (tertiary/aromatic N) is 6. The minimum absolute atomic E-state index is 0.544. The summed E-state index contributed by atoms with van der Waals surface area (Å²) in [7, 11) is 0. The zero-order valence-electron chi connectivity index (χ0n) is 20.8. The van der Waals surface area contributed by atoms with Crippen LogP contribution in [0.15, 0.2) is 44.0 Å². The Bertz CT molecular complexity index is 1870. The van der Waals surface area contributed by atoms with Gasteiger partial charge in [-0.05, 0) is 20.8 Å². The normalized spacial score (nSPS) is 12.4. The quantitative estimate of drug-likeness (QED) is 0.306. The van der Waals surface area contributed by atoms with Crippen molar-refractivity contribution < 1.29 is 0 Å². The molecule has 37 heavy (non-hydrogen) atoms. The highest BCUT2D eigenvalue weighted by Gasteiger charge is 2.21. The van der Waals surface area contributed by atoms with Crippen molar-refractivity contribution in [3.05, 3.63) is 77.9 Å². The van der Waals surface area contributed by atoms with Gasteiger partial charge in [0.1, 0.15) is 22.6 Å². The lowest BCUT2D eigenvalue weighted by Gasteiger charge is -1.96. The summed E-state index contributed by atoms with van der Waals surface area (Å²) >= 11 is 0. The molecule has 8 bridgehead atoms. The van der Waals surface area contributed by atoms with Crippen LogP contribution >= 0.6 is 0 Å². The molecule has 2 N–H and O–H groups in total. The van der Waals surface area contributed by atoms with Gasteiger partial charge < -0.3 is 9.97 Å². The summed E-state index contributed by atoms with van der Waals surface area (Å²) in [5.74, 6) is 2.27. The molecule has 0 unspecified atom stereocenters. The fourth-order valence-corrected chi connectivity index (χ4v) is 4.63. The summed E-state index contributed by atoms with van der Waals surface area (Å²) in [5.41, 5.74) is 9.49. The van der Waals surface area contributed by atoms with Gasteiger partial charge in [-0.3, -0.25) is 0 Å². The highest BCUT2D eigenvalue weighted by Crippen LogP contribution is 2.34. The first-order valence-electron chi connectivity index (χ1n) is 11.9. The Morgan fingerprint density at radius 3 is 1.46 bits per heavy atom. The van der Waals surface area contributed by atoms with E-state index >= 15 is 0 Å². The van der Waals surface area contributed by atoms with Crippen LogP contribution in [0.5, 0.6) is 0 Å². The molecular weight excluding hydrogens is 460 g/mol. The Morgan fingerprint density at radius 2 is 0.946 bits per heavy atom. The van der Waals surface area contributed by atoms with Crippen LogP contribution in [0.25, 0.3) is 74.7 Å². The molecule has 6 rings (SSSR count). The Hall–Kier alpha value is -4.98. The zero-order valence-corrected chi connectivity index (χ0v) is 20.8. The molecule has 0 radical (unpaired) electrons. The number of aromatic amines is 2. The van der Waals surface area contributed by atoms with Crippen LogP contribution in [0.2, 0.25) is 0 Å². The summed E-state index contributed by atoms with van der Waals surface area (Å²) in [5, 5.41) is 0. The summed E-state index contributed by atoms with van der Waals surface area (Å²) < 4.78 is 0. The van der Waals surface area contributed by atoms with Gasteiger partial charge >= 0.3 is 0 Å². The number of rotatable bonds is 3. The van der Waals surface area contributed by atoms with E-state index < -0.39 is 0 Å². The van der Waals surface area contributed by atoms with Gasteiger partial charge in [0, 0.05) is 44.5 Å². The fraction of sp³-hybridized carbons (Fsp3) is 0.103. The molecule has 0 saturated carbocycles. The van der Waals surface area contributed by atoms with Gasteiger partial charge in [0.2, 0.25) is 0 Å². The minimum Gasteiger partial charge on any atom is -0.324 e. The molecule has 5 heterocycles. The van der Waals surface area contributed by atoms with Crippen molar-refractivity contribution >= 4 is 52.0 Å². The van der Waals surface area contributed by atoms with E-state index in [0.717, 1.165) is 44.5 Å².